The quantitative estimate of drug-likeness (QED) is 0.559. The standard InChI is InChI=1S/C19H19FN2O5/c1-24-11-2-3-16-12(6-11)14(7-26-18(21)22)13-4-10(19(23)8-25-9-19)5-15(20)17(13)27-16/h2-6,14,23H,7-9H2,1H3,(H3,21,22). The molecule has 0 aliphatic carbocycles. The van der Waals surface area contributed by atoms with E-state index >= 15 is 0 Å². The van der Waals surface area contributed by atoms with Crippen LogP contribution in [0.4, 0.5) is 4.39 Å². The molecule has 0 radical (unpaired) electrons. The smallest absolute Gasteiger partial charge is 0.279 e. The number of nitrogens with two attached hydrogens (primary N) is 1. The number of amidine groups is 1. The van der Waals surface area contributed by atoms with E-state index in [-0.39, 0.29) is 25.6 Å². The average Bonchev–Trinajstić information content (AvgIpc) is 2.63. The normalized spacial score (nSPS) is 19.1. The van der Waals surface area contributed by atoms with Crippen LogP contribution in [0.2, 0.25) is 0 Å². The molecule has 2 aromatic carbocycles. The van der Waals surface area contributed by atoms with E-state index in [1.54, 1.807) is 31.4 Å². The summed E-state index contributed by atoms with van der Waals surface area (Å²) >= 11 is 0. The summed E-state index contributed by atoms with van der Waals surface area (Å²) in [6.07, 6.45) is 0. The van der Waals surface area contributed by atoms with Crippen molar-refractivity contribution in [1.29, 1.82) is 5.41 Å². The molecule has 7 nitrogen and oxygen atoms in total. The Balaban J connectivity index is 1.83. The molecule has 1 fully saturated rings. The summed E-state index contributed by atoms with van der Waals surface area (Å²) in [5.74, 6) is 0.102. The molecule has 142 valence electrons. The molecule has 2 aromatic rings. The van der Waals surface area contributed by atoms with Crippen LogP contribution in [0.1, 0.15) is 22.6 Å². The summed E-state index contributed by atoms with van der Waals surface area (Å²) in [6.45, 7) is 0.222. The Labute approximate surface area is 154 Å². The van der Waals surface area contributed by atoms with Gasteiger partial charge < -0.3 is 29.8 Å². The lowest BCUT2D eigenvalue weighted by molar-refractivity contribution is -0.184. The van der Waals surface area contributed by atoms with Gasteiger partial charge in [-0.05, 0) is 35.9 Å². The van der Waals surface area contributed by atoms with Crippen molar-refractivity contribution in [2.24, 2.45) is 5.73 Å². The Hall–Kier alpha value is -2.84. The Morgan fingerprint density at radius 2 is 2.11 bits per heavy atom. The number of ether oxygens (including phenoxy) is 4. The van der Waals surface area contributed by atoms with Gasteiger partial charge in [0.25, 0.3) is 6.02 Å². The summed E-state index contributed by atoms with van der Waals surface area (Å²) in [4.78, 5) is 0. The Bertz CT molecular complexity index is 913. The first-order chi connectivity index (χ1) is 12.9. The fourth-order valence-corrected chi connectivity index (χ4v) is 3.36. The van der Waals surface area contributed by atoms with Gasteiger partial charge in [0.1, 0.15) is 23.7 Å². The monoisotopic (exact) mass is 374 g/mol. The average molecular weight is 374 g/mol. The van der Waals surface area contributed by atoms with Gasteiger partial charge in [-0.2, -0.15) is 0 Å². The Kier molecular flexibility index (Phi) is 4.16. The predicted octanol–water partition coefficient (Wildman–Crippen LogP) is 2.20. The van der Waals surface area contributed by atoms with Crippen LogP contribution in [0, 0.1) is 11.2 Å². The van der Waals surface area contributed by atoms with Crippen molar-refractivity contribution in [3.05, 3.63) is 52.8 Å². The molecule has 0 saturated carbocycles. The molecule has 2 heterocycles. The van der Waals surface area contributed by atoms with E-state index in [0.717, 1.165) is 5.56 Å². The summed E-state index contributed by atoms with van der Waals surface area (Å²) in [5, 5.41) is 17.9. The first kappa shape index (κ1) is 17.6. The lowest BCUT2D eigenvalue weighted by Crippen LogP contribution is -2.46. The maximum atomic E-state index is 14.8. The number of methoxy groups -OCH3 is 1. The summed E-state index contributed by atoms with van der Waals surface area (Å²) < 4.78 is 36.2. The van der Waals surface area contributed by atoms with Crippen molar-refractivity contribution in [1.82, 2.24) is 0 Å². The van der Waals surface area contributed by atoms with E-state index in [4.69, 9.17) is 30.1 Å². The van der Waals surface area contributed by atoms with Crippen LogP contribution < -0.4 is 15.2 Å². The number of rotatable bonds is 4. The molecule has 8 heteroatoms. The number of hydrogen-bond donors (Lipinski definition) is 3. The second kappa shape index (κ2) is 6.40. The van der Waals surface area contributed by atoms with Crippen LogP contribution >= 0.6 is 0 Å². The van der Waals surface area contributed by atoms with E-state index in [9.17, 15) is 9.50 Å². The number of halogens is 1. The molecule has 4 rings (SSSR count). The summed E-state index contributed by atoms with van der Waals surface area (Å²) in [7, 11) is 1.55. The zero-order valence-electron chi connectivity index (χ0n) is 14.6. The molecule has 0 spiro atoms. The van der Waals surface area contributed by atoms with Crippen LogP contribution in [0.15, 0.2) is 30.3 Å². The van der Waals surface area contributed by atoms with E-state index in [0.29, 0.717) is 22.6 Å². The van der Waals surface area contributed by atoms with Gasteiger partial charge in [-0.15, -0.1) is 0 Å². The van der Waals surface area contributed by atoms with Gasteiger partial charge in [0.2, 0.25) is 0 Å². The van der Waals surface area contributed by atoms with E-state index < -0.39 is 23.4 Å². The molecule has 1 unspecified atom stereocenters. The Morgan fingerprint density at radius 1 is 1.33 bits per heavy atom. The van der Waals surface area contributed by atoms with Crippen molar-refractivity contribution < 1.29 is 28.4 Å². The fraction of sp³-hybridized carbons (Fsp3) is 0.316. The SMILES string of the molecule is COc1ccc2c(c1)C(COC(=N)N)c1cc(C3(O)COC3)cc(F)c1O2. The van der Waals surface area contributed by atoms with Crippen molar-refractivity contribution in [3.8, 4) is 17.2 Å². The van der Waals surface area contributed by atoms with Crippen molar-refractivity contribution >= 4 is 6.02 Å². The van der Waals surface area contributed by atoms with Gasteiger partial charge >= 0.3 is 0 Å². The number of nitrogens with one attached hydrogen (secondary N) is 1. The highest BCUT2D eigenvalue weighted by Crippen LogP contribution is 2.48. The lowest BCUT2D eigenvalue weighted by Gasteiger charge is -2.38. The minimum Gasteiger partial charge on any atom is -0.497 e. The second-order valence-electron chi connectivity index (χ2n) is 6.63. The van der Waals surface area contributed by atoms with E-state index in [1.165, 1.54) is 6.07 Å². The summed E-state index contributed by atoms with van der Waals surface area (Å²) in [6, 6.07) is 7.70. The largest absolute Gasteiger partial charge is 0.497 e. The molecule has 0 amide bonds. The topological polar surface area (TPSA) is 107 Å². The van der Waals surface area contributed by atoms with Gasteiger partial charge in [0.05, 0.1) is 26.2 Å². The molecular formula is C19H19FN2O5. The van der Waals surface area contributed by atoms with Crippen LogP contribution in [0.3, 0.4) is 0 Å². The maximum Gasteiger partial charge on any atom is 0.279 e. The third kappa shape index (κ3) is 2.96. The van der Waals surface area contributed by atoms with E-state index in [2.05, 4.69) is 0 Å². The number of aliphatic hydroxyl groups is 1. The molecule has 2 aliphatic heterocycles. The third-order valence-electron chi connectivity index (χ3n) is 4.88. The molecule has 1 saturated heterocycles. The van der Waals surface area contributed by atoms with Gasteiger partial charge in [-0.1, -0.05) is 0 Å². The Morgan fingerprint density at radius 3 is 2.74 bits per heavy atom. The van der Waals surface area contributed by atoms with Crippen LogP contribution in [-0.4, -0.2) is 38.1 Å². The molecular weight excluding hydrogens is 355 g/mol. The number of benzene rings is 2. The minimum atomic E-state index is -1.23. The van der Waals surface area contributed by atoms with Crippen LogP contribution in [0.5, 0.6) is 17.2 Å². The molecule has 1 atom stereocenters. The highest BCUT2D eigenvalue weighted by atomic mass is 19.1. The highest BCUT2D eigenvalue weighted by Gasteiger charge is 2.41. The molecule has 2 aliphatic rings. The van der Waals surface area contributed by atoms with Crippen molar-refractivity contribution in [2.45, 2.75) is 11.5 Å². The molecule has 0 aromatic heterocycles. The van der Waals surface area contributed by atoms with Gasteiger partial charge in [0, 0.05) is 11.1 Å². The molecule has 27 heavy (non-hydrogen) atoms. The molecule has 4 N–H and O–H groups in total. The zero-order valence-corrected chi connectivity index (χ0v) is 14.6. The zero-order chi connectivity index (χ0) is 19.2. The lowest BCUT2D eigenvalue weighted by atomic mass is 9.83. The van der Waals surface area contributed by atoms with Crippen LogP contribution in [0.25, 0.3) is 0 Å². The fourth-order valence-electron chi connectivity index (χ4n) is 3.36. The summed E-state index contributed by atoms with van der Waals surface area (Å²) in [5.41, 5.74) is 5.75. The first-order valence-electron chi connectivity index (χ1n) is 8.38. The highest BCUT2D eigenvalue weighted by molar-refractivity contribution is 5.67. The third-order valence-corrected chi connectivity index (χ3v) is 4.88. The maximum absolute atomic E-state index is 14.8. The van der Waals surface area contributed by atoms with Crippen LogP contribution in [-0.2, 0) is 15.1 Å². The van der Waals surface area contributed by atoms with Gasteiger partial charge in [0.15, 0.2) is 11.6 Å². The number of fused-ring (bicyclic) bond motifs is 2. The first-order valence-corrected chi connectivity index (χ1v) is 8.38. The van der Waals surface area contributed by atoms with Gasteiger partial charge in [-0.3, -0.25) is 5.41 Å². The predicted molar refractivity (Wildman–Crippen MR) is 93.9 cm³/mol. The second-order valence-corrected chi connectivity index (χ2v) is 6.63. The minimum absolute atomic E-state index is 0.0175. The van der Waals surface area contributed by atoms with Gasteiger partial charge in [-0.25, -0.2) is 4.39 Å². The molecule has 0 bridgehead atoms. The van der Waals surface area contributed by atoms with Crippen molar-refractivity contribution in [2.75, 3.05) is 26.9 Å². The van der Waals surface area contributed by atoms with Crippen molar-refractivity contribution in [3.63, 3.8) is 0 Å². The van der Waals surface area contributed by atoms with E-state index in [1.807, 2.05) is 0 Å². The number of hydrogen-bond acceptors (Lipinski definition) is 6.